The molecule has 2 aliphatic rings. The van der Waals surface area contributed by atoms with Gasteiger partial charge in [-0.2, -0.15) is 5.26 Å². The Morgan fingerprint density at radius 2 is 2.12 bits per heavy atom. The van der Waals surface area contributed by atoms with Gasteiger partial charge >= 0.3 is 0 Å². The minimum atomic E-state index is 0.316. The number of nitriles is 1. The Hall–Kier alpha value is -1.87. The zero-order chi connectivity index (χ0) is 18.0. The van der Waals surface area contributed by atoms with E-state index in [9.17, 15) is 5.26 Å². The molecule has 4 rings (SSSR count). The second-order valence-corrected chi connectivity index (χ2v) is 8.80. The van der Waals surface area contributed by atoms with Gasteiger partial charge in [0.1, 0.15) is 0 Å². The molecule has 26 heavy (non-hydrogen) atoms. The molecule has 0 bridgehead atoms. The SMILES string of the molecule is Cc1cccc(COC2CSC3(C2)CN(Cc2ccccc2C#N)C3)n1. The molecule has 1 unspecified atom stereocenters. The number of thioether (sulfide) groups is 1. The standard InChI is InChI=1S/C21H23N3OS/c1-16-5-4-8-19(23-16)12-25-20-9-21(26-13-20)14-24(15-21)11-18-7-3-2-6-17(18)10-22/h2-8,20H,9,11-15H2,1H3. The number of hydrogen-bond acceptors (Lipinski definition) is 5. The third-order valence-corrected chi connectivity index (χ3v) is 6.72. The molecule has 5 heteroatoms. The first kappa shape index (κ1) is 17.5. The maximum absolute atomic E-state index is 9.24. The highest BCUT2D eigenvalue weighted by atomic mass is 32.2. The highest BCUT2D eigenvalue weighted by molar-refractivity contribution is 8.01. The van der Waals surface area contributed by atoms with Gasteiger partial charge in [-0.05, 0) is 37.1 Å². The predicted octanol–water partition coefficient (Wildman–Crippen LogP) is 3.54. The van der Waals surface area contributed by atoms with Crippen LogP contribution in [-0.4, -0.2) is 39.6 Å². The van der Waals surface area contributed by atoms with Gasteiger partial charge in [0.15, 0.2) is 0 Å². The summed E-state index contributed by atoms with van der Waals surface area (Å²) in [5.74, 6) is 1.06. The molecule has 0 saturated carbocycles. The van der Waals surface area contributed by atoms with Crippen LogP contribution in [0.4, 0.5) is 0 Å². The Bertz CT molecular complexity index is 826. The lowest BCUT2D eigenvalue weighted by Gasteiger charge is -2.47. The lowest BCUT2D eigenvalue weighted by atomic mass is 9.92. The minimum Gasteiger partial charge on any atom is -0.371 e. The maximum Gasteiger partial charge on any atom is 0.0995 e. The van der Waals surface area contributed by atoms with Crippen molar-refractivity contribution in [2.45, 2.75) is 37.3 Å². The number of benzene rings is 1. The zero-order valence-corrected chi connectivity index (χ0v) is 15.8. The molecule has 0 aliphatic carbocycles. The molecule has 2 saturated heterocycles. The van der Waals surface area contributed by atoms with Crippen molar-refractivity contribution in [3.8, 4) is 6.07 Å². The third-order valence-electron chi connectivity index (χ3n) is 5.14. The summed E-state index contributed by atoms with van der Waals surface area (Å²) in [6.45, 7) is 5.64. The van der Waals surface area contributed by atoms with Gasteiger partial charge in [0, 0.05) is 35.8 Å². The first-order valence-electron chi connectivity index (χ1n) is 9.04. The normalized spacial score (nSPS) is 21.5. The smallest absolute Gasteiger partial charge is 0.0995 e. The molecule has 1 atom stereocenters. The number of hydrogen-bond donors (Lipinski definition) is 0. The molecule has 1 aromatic carbocycles. The van der Waals surface area contributed by atoms with Gasteiger partial charge < -0.3 is 4.74 Å². The van der Waals surface area contributed by atoms with E-state index in [1.54, 1.807) is 0 Å². The average Bonchev–Trinajstić information content (AvgIpc) is 3.05. The quantitative estimate of drug-likeness (QED) is 0.811. The lowest BCUT2D eigenvalue weighted by molar-refractivity contribution is 0.0250. The Morgan fingerprint density at radius 1 is 1.27 bits per heavy atom. The van der Waals surface area contributed by atoms with Gasteiger partial charge in [0.25, 0.3) is 0 Å². The van der Waals surface area contributed by atoms with E-state index >= 15 is 0 Å². The Morgan fingerprint density at radius 3 is 2.92 bits per heavy atom. The minimum absolute atomic E-state index is 0.316. The maximum atomic E-state index is 9.24. The number of nitrogens with zero attached hydrogens (tertiary/aromatic N) is 3. The highest BCUT2D eigenvalue weighted by Crippen LogP contribution is 2.46. The van der Waals surface area contributed by atoms with Crippen LogP contribution in [0.3, 0.4) is 0 Å². The zero-order valence-electron chi connectivity index (χ0n) is 15.0. The van der Waals surface area contributed by atoms with E-state index in [0.29, 0.717) is 17.5 Å². The van der Waals surface area contributed by atoms with Gasteiger partial charge in [-0.1, -0.05) is 24.3 Å². The summed E-state index contributed by atoms with van der Waals surface area (Å²) in [5, 5.41) is 9.24. The summed E-state index contributed by atoms with van der Waals surface area (Å²) >= 11 is 2.05. The third kappa shape index (κ3) is 3.78. The first-order chi connectivity index (χ1) is 12.7. The average molecular weight is 366 g/mol. The van der Waals surface area contributed by atoms with Crippen molar-refractivity contribution in [2.24, 2.45) is 0 Å². The van der Waals surface area contributed by atoms with Crippen LogP contribution in [0.5, 0.6) is 0 Å². The van der Waals surface area contributed by atoms with Gasteiger partial charge in [-0.25, -0.2) is 0 Å². The molecule has 1 aromatic heterocycles. The molecule has 0 radical (unpaired) electrons. The fourth-order valence-electron chi connectivity index (χ4n) is 3.90. The number of likely N-dealkylation sites (tertiary alicyclic amines) is 1. The van der Waals surface area contributed by atoms with Crippen molar-refractivity contribution in [2.75, 3.05) is 18.8 Å². The molecule has 2 aliphatic heterocycles. The summed E-state index contributed by atoms with van der Waals surface area (Å²) in [5.41, 5.74) is 3.97. The molecule has 1 spiro atoms. The van der Waals surface area contributed by atoms with Crippen molar-refractivity contribution < 1.29 is 4.74 Å². The summed E-state index contributed by atoms with van der Waals surface area (Å²) < 4.78 is 6.46. The number of ether oxygens (including phenoxy) is 1. The summed E-state index contributed by atoms with van der Waals surface area (Å²) in [6, 6.07) is 16.3. The fraction of sp³-hybridized carbons (Fsp3) is 0.429. The number of pyridine rings is 1. The Balaban J connectivity index is 1.27. The largest absolute Gasteiger partial charge is 0.371 e. The van der Waals surface area contributed by atoms with Crippen LogP contribution < -0.4 is 0 Å². The fourth-order valence-corrected chi connectivity index (χ4v) is 5.51. The summed E-state index contributed by atoms with van der Waals surface area (Å²) in [7, 11) is 0. The molecule has 0 amide bonds. The summed E-state index contributed by atoms with van der Waals surface area (Å²) in [6.07, 6.45) is 1.43. The predicted molar refractivity (Wildman–Crippen MR) is 104 cm³/mol. The van der Waals surface area contributed by atoms with Crippen LogP contribution in [0.1, 0.15) is 28.9 Å². The molecule has 0 N–H and O–H groups in total. The second kappa shape index (κ2) is 7.40. The van der Waals surface area contributed by atoms with E-state index in [0.717, 1.165) is 54.3 Å². The van der Waals surface area contributed by atoms with Gasteiger partial charge in [-0.15, -0.1) is 11.8 Å². The van der Waals surface area contributed by atoms with E-state index in [1.807, 2.05) is 43.3 Å². The molecule has 4 nitrogen and oxygen atoms in total. The number of aromatic nitrogens is 1. The second-order valence-electron chi connectivity index (χ2n) is 7.32. The Kier molecular flexibility index (Phi) is 4.99. The van der Waals surface area contributed by atoms with Crippen molar-refractivity contribution in [3.63, 3.8) is 0 Å². The van der Waals surface area contributed by atoms with Crippen LogP contribution in [0, 0.1) is 18.3 Å². The lowest BCUT2D eigenvalue weighted by Crippen LogP contribution is -2.58. The number of rotatable bonds is 5. The monoisotopic (exact) mass is 365 g/mol. The van der Waals surface area contributed by atoms with E-state index < -0.39 is 0 Å². The molecular weight excluding hydrogens is 342 g/mol. The van der Waals surface area contributed by atoms with Crippen LogP contribution >= 0.6 is 11.8 Å². The van der Waals surface area contributed by atoms with Gasteiger partial charge in [0.2, 0.25) is 0 Å². The molecular formula is C21H23N3OS. The van der Waals surface area contributed by atoms with E-state index in [4.69, 9.17) is 4.74 Å². The van der Waals surface area contributed by atoms with Crippen LogP contribution in [0.15, 0.2) is 42.5 Å². The first-order valence-corrected chi connectivity index (χ1v) is 10.0. The van der Waals surface area contributed by atoms with Crippen LogP contribution in [0.2, 0.25) is 0 Å². The Labute approximate surface area is 159 Å². The number of aryl methyl sites for hydroxylation is 1. The van der Waals surface area contributed by atoms with Gasteiger partial charge in [-0.3, -0.25) is 9.88 Å². The van der Waals surface area contributed by atoms with E-state index in [2.05, 4.69) is 33.8 Å². The van der Waals surface area contributed by atoms with E-state index in [1.165, 1.54) is 0 Å². The molecule has 2 aromatic rings. The highest BCUT2D eigenvalue weighted by Gasteiger charge is 2.49. The van der Waals surface area contributed by atoms with Crippen molar-refractivity contribution in [1.29, 1.82) is 5.26 Å². The summed E-state index contributed by atoms with van der Waals surface area (Å²) in [4.78, 5) is 6.95. The van der Waals surface area contributed by atoms with Crippen molar-refractivity contribution in [1.82, 2.24) is 9.88 Å². The molecule has 3 heterocycles. The molecule has 134 valence electrons. The topological polar surface area (TPSA) is 49.1 Å². The van der Waals surface area contributed by atoms with Crippen LogP contribution in [0.25, 0.3) is 0 Å². The van der Waals surface area contributed by atoms with Crippen molar-refractivity contribution >= 4 is 11.8 Å². The molecule has 2 fully saturated rings. The van der Waals surface area contributed by atoms with E-state index in [-0.39, 0.29) is 0 Å². The van der Waals surface area contributed by atoms with Crippen LogP contribution in [-0.2, 0) is 17.9 Å². The van der Waals surface area contributed by atoms with Gasteiger partial charge in [0.05, 0.1) is 30.0 Å². The van der Waals surface area contributed by atoms with Crippen molar-refractivity contribution in [3.05, 3.63) is 65.0 Å².